The van der Waals surface area contributed by atoms with Gasteiger partial charge in [-0.2, -0.15) is 0 Å². The molecule has 7 nitrogen and oxygen atoms in total. The van der Waals surface area contributed by atoms with E-state index >= 15 is 0 Å². The van der Waals surface area contributed by atoms with Crippen LogP contribution in [0.5, 0.6) is 0 Å². The van der Waals surface area contributed by atoms with E-state index in [1.54, 1.807) is 22.9 Å². The van der Waals surface area contributed by atoms with Crippen LogP contribution in [-0.2, 0) is 20.8 Å². The van der Waals surface area contributed by atoms with E-state index in [0.29, 0.717) is 11.4 Å². The number of hydrogen-bond donors (Lipinski definition) is 2. The number of aryl methyl sites for hydroxylation is 1. The predicted molar refractivity (Wildman–Crippen MR) is 123 cm³/mol. The van der Waals surface area contributed by atoms with Crippen molar-refractivity contribution in [3.8, 4) is 0 Å². The Balaban J connectivity index is 1.60. The first-order chi connectivity index (χ1) is 14.9. The standard InChI is InChI=1S/C24H30N4O3/c1-4-7-18-10-12-19(13-11-18)25-23(30)15-27(3)16-24(31)28-17(2)14-22(29)26-20-8-5-6-9-21(20)28/h5-6,8-13,17H,4,7,14-16H2,1-3H3,(H,25,30)(H,26,29)/t17-/m0/s1. The van der Waals surface area contributed by atoms with Gasteiger partial charge in [-0.3, -0.25) is 19.3 Å². The number of hydrogen-bond acceptors (Lipinski definition) is 4. The summed E-state index contributed by atoms with van der Waals surface area (Å²) in [5, 5.41) is 5.73. The first-order valence-corrected chi connectivity index (χ1v) is 10.7. The molecule has 0 unspecified atom stereocenters. The molecule has 3 amide bonds. The summed E-state index contributed by atoms with van der Waals surface area (Å²) in [6.45, 7) is 4.14. The molecule has 0 saturated heterocycles. The lowest BCUT2D eigenvalue weighted by Gasteiger charge is -2.29. The van der Waals surface area contributed by atoms with Crippen molar-refractivity contribution in [2.24, 2.45) is 0 Å². The number of anilines is 3. The van der Waals surface area contributed by atoms with E-state index in [9.17, 15) is 14.4 Å². The third-order valence-corrected chi connectivity index (χ3v) is 5.22. The van der Waals surface area contributed by atoms with Crippen molar-refractivity contribution in [2.75, 3.05) is 35.7 Å². The number of carbonyl (C=O) groups excluding carboxylic acids is 3. The summed E-state index contributed by atoms with van der Waals surface area (Å²) in [7, 11) is 1.74. The number of benzene rings is 2. The molecule has 0 aliphatic carbocycles. The molecule has 0 spiro atoms. The molecule has 0 aromatic heterocycles. The van der Waals surface area contributed by atoms with Gasteiger partial charge in [0.1, 0.15) is 0 Å². The zero-order chi connectivity index (χ0) is 22.4. The Bertz CT molecular complexity index is 942. The average Bonchev–Trinajstić information content (AvgIpc) is 2.83. The fourth-order valence-electron chi connectivity index (χ4n) is 3.82. The first kappa shape index (κ1) is 22.5. The van der Waals surface area contributed by atoms with E-state index in [1.807, 2.05) is 49.4 Å². The lowest BCUT2D eigenvalue weighted by atomic mass is 10.1. The number of likely N-dealkylation sites (N-methyl/N-ethyl adjacent to an activating group) is 1. The molecule has 0 saturated carbocycles. The number of nitrogens with one attached hydrogen (secondary N) is 2. The van der Waals surface area contributed by atoms with Gasteiger partial charge in [-0.1, -0.05) is 37.6 Å². The van der Waals surface area contributed by atoms with Crippen LogP contribution in [0.1, 0.15) is 32.3 Å². The van der Waals surface area contributed by atoms with Crippen LogP contribution < -0.4 is 15.5 Å². The fourth-order valence-corrected chi connectivity index (χ4v) is 3.82. The van der Waals surface area contributed by atoms with Gasteiger partial charge in [-0.05, 0) is 50.2 Å². The number of carbonyl (C=O) groups is 3. The number of nitrogens with zero attached hydrogens (tertiary/aromatic N) is 2. The van der Waals surface area contributed by atoms with Gasteiger partial charge in [0, 0.05) is 18.2 Å². The lowest BCUT2D eigenvalue weighted by Crippen LogP contribution is -2.45. The molecule has 0 radical (unpaired) electrons. The molecule has 1 aliphatic rings. The minimum atomic E-state index is -0.278. The molecular weight excluding hydrogens is 392 g/mol. The SMILES string of the molecule is CCCc1ccc(NC(=O)CN(C)CC(=O)N2c3ccccc3NC(=O)C[C@@H]2C)cc1. The van der Waals surface area contributed by atoms with Crippen molar-refractivity contribution in [3.05, 3.63) is 54.1 Å². The second-order valence-corrected chi connectivity index (χ2v) is 8.05. The van der Waals surface area contributed by atoms with Crippen LogP contribution in [0.3, 0.4) is 0 Å². The van der Waals surface area contributed by atoms with Crippen LogP contribution in [-0.4, -0.2) is 48.8 Å². The van der Waals surface area contributed by atoms with Gasteiger partial charge in [-0.25, -0.2) is 0 Å². The normalized spacial score (nSPS) is 15.8. The van der Waals surface area contributed by atoms with Crippen molar-refractivity contribution in [3.63, 3.8) is 0 Å². The summed E-state index contributed by atoms with van der Waals surface area (Å²) in [4.78, 5) is 40.9. The monoisotopic (exact) mass is 422 g/mol. The Hall–Kier alpha value is -3.19. The van der Waals surface area contributed by atoms with Gasteiger partial charge >= 0.3 is 0 Å². The molecule has 1 heterocycles. The lowest BCUT2D eigenvalue weighted by molar-refractivity contribution is -0.121. The van der Waals surface area contributed by atoms with Gasteiger partial charge in [0.25, 0.3) is 0 Å². The summed E-state index contributed by atoms with van der Waals surface area (Å²) in [5.74, 6) is -0.455. The number of para-hydroxylation sites is 2. The molecule has 3 rings (SSSR count). The van der Waals surface area contributed by atoms with E-state index in [2.05, 4.69) is 17.6 Å². The molecule has 1 aliphatic heterocycles. The largest absolute Gasteiger partial charge is 0.325 e. The highest BCUT2D eigenvalue weighted by atomic mass is 16.2. The Morgan fingerprint density at radius 1 is 1.13 bits per heavy atom. The molecule has 31 heavy (non-hydrogen) atoms. The Kier molecular flexibility index (Phi) is 7.41. The van der Waals surface area contributed by atoms with Gasteiger partial charge < -0.3 is 15.5 Å². The van der Waals surface area contributed by atoms with Crippen LogP contribution >= 0.6 is 0 Å². The van der Waals surface area contributed by atoms with Crippen molar-refractivity contribution >= 4 is 34.8 Å². The van der Waals surface area contributed by atoms with E-state index in [0.717, 1.165) is 18.5 Å². The van der Waals surface area contributed by atoms with E-state index < -0.39 is 0 Å². The fraction of sp³-hybridized carbons (Fsp3) is 0.375. The Morgan fingerprint density at radius 2 is 1.84 bits per heavy atom. The summed E-state index contributed by atoms with van der Waals surface area (Å²) in [6, 6.07) is 14.8. The maximum Gasteiger partial charge on any atom is 0.241 e. The molecule has 2 N–H and O–H groups in total. The second kappa shape index (κ2) is 10.2. The average molecular weight is 423 g/mol. The molecule has 164 valence electrons. The molecule has 0 fully saturated rings. The van der Waals surface area contributed by atoms with Gasteiger partial charge in [0.2, 0.25) is 17.7 Å². The van der Waals surface area contributed by atoms with Gasteiger partial charge in [-0.15, -0.1) is 0 Å². The Morgan fingerprint density at radius 3 is 2.55 bits per heavy atom. The predicted octanol–water partition coefficient (Wildman–Crippen LogP) is 3.27. The minimum Gasteiger partial charge on any atom is -0.325 e. The molecular formula is C24H30N4O3. The summed E-state index contributed by atoms with van der Waals surface area (Å²) in [5.41, 5.74) is 3.28. The zero-order valence-corrected chi connectivity index (χ0v) is 18.4. The highest BCUT2D eigenvalue weighted by molar-refractivity contribution is 6.05. The summed E-state index contributed by atoms with van der Waals surface area (Å²) in [6.07, 6.45) is 2.31. The van der Waals surface area contributed by atoms with Crippen LogP contribution in [0.2, 0.25) is 0 Å². The van der Waals surface area contributed by atoms with Gasteiger partial charge in [0.05, 0.1) is 24.5 Å². The van der Waals surface area contributed by atoms with Crippen LogP contribution in [0.25, 0.3) is 0 Å². The number of rotatable bonds is 7. The summed E-state index contributed by atoms with van der Waals surface area (Å²) >= 11 is 0. The van der Waals surface area contributed by atoms with Crippen molar-refractivity contribution in [1.82, 2.24) is 4.90 Å². The van der Waals surface area contributed by atoms with E-state index in [1.165, 1.54) is 5.56 Å². The van der Waals surface area contributed by atoms with Crippen molar-refractivity contribution in [1.29, 1.82) is 0 Å². The molecule has 0 bridgehead atoms. The quantitative estimate of drug-likeness (QED) is 0.718. The molecule has 1 atom stereocenters. The Labute approximate surface area is 183 Å². The maximum atomic E-state index is 13.1. The van der Waals surface area contributed by atoms with Crippen LogP contribution in [0, 0.1) is 0 Å². The highest BCUT2D eigenvalue weighted by Crippen LogP contribution is 2.31. The number of fused-ring (bicyclic) bond motifs is 1. The first-order valence-electron chi connectivity index (χ1n) is 10.7. The van der Waals surface area contributed by atoms with E-state index in [4.69, 9.17) is 0 Å². The third kappa shape index (κ3) is 5.92. The van der Waals surface area contributed by atoms with Crippen LogP contribution in [0.15, 0.2) is 48.5 Å². The van der Waals surface area contributed by atoms with E-state index in [-0.39, 0.29) is 43.3 Å². The minimum absolute atomic E-state index is 0.0652. The highest BCUT2D eigenvalue weighted by Gasteiger charge is 2.30. The van der Waals surface area contributed by atoms with Crippen molar-refractivity contribution < 1.29 is 14.4 Å². The zero-order valence-electron chi connectivity index (χ0n) is 18.4. The van der Waals surface area contributed by atoms with Gasteiger partial charge in [0.15, 0.2) is 0 Å². The molecule has 7 heteroatoms. The third-order valence-electron chi connectivity index (χ3n) is 5.22. The molecule has 2 aromatic carbocycles. The number of amides is 3. The second-order valence-electron chi connectivity index (χ2n) is 8.05. The summed E-state index contributed by atoms with van der Waals surface area (Å²) < 4.78 is 0. The van der Waals surface area contributed by atoms with Crippen LogP contribution in [0.4, 0.5) is 17.1 Å². The van der Waals surface area contributed by atoms with Crippen molar-refractivity contribution in [2.45, 2.75) is 39.2 Å². The topological polar surface area (TPSA) is 81.8 Å². The maximum absolute atomic E-state index is 13.1. The molecule has 2 aromatic rings. The smallest absolute Gasteiger partial charge is 0.241 e.